The SMILES string of the molecule is CC(C)(C)c1cc(NC(=O)C2C[C@@H](O)CCN2)no1. The summed E-state index contributed by atoms with van der Waals surface area (Å²) in [5, 5.41) is 19.2. The smallest absolute Gasteiger partial charge is 0.242 e. The Balaban J connectivity index is 1.97. The quantitative estimate of drug-likeness (QED) is 0.744. The van der Waals surface area contributed by atoms with Gasteiger partial charge in [0, 0.05) is 11.5 Å². The summed E-state index contributed by atoms with van der Waals surface area (Å²) in [4.78, 5) is 12.0. The van der Waals surface area contributed by atoms with E-state index in [1.807, 2.05) is 20.8 Å². The molecule has 1 amide bonds. The topological polar surface area (TPSA) is 87.4 Å². The van der Waals surface area contributed by atoms with E-state index < -0.39 is 6.10 Å². The number of hydrogen-bond donors (Lipinski definition) is 3. The van der Waals surface area contributed by atoms with Crippen molar-refractivity contribution in [1.82, 2.24) is 10.5 Å². The number of amides is 1. The highest BCUT2D eigenvalue weighted by molar-refractivity contribution is 5.94. The van der Waals surface area contributed by atoms with Gasteiger partial charge < -0.3 is 20.3 Å². The van der Waals surface area contributed by atoms with Gasteiger partial charge in [-0.2, -0.15) is 0 Å². The first kappa shape index (κ1) is 14.0. The number of aromatic nitrogens is 1. The standard InChI is InChI=1S/C13H21N3O3/c1-13(2,3)10-7-11(16-19-10)15-12(18)9-6-8(17)4-5-14-9/h7-9,14,17H,4-6H2,1-3H3,(H,15,16,18)/t8-,9?/m0/s1. The molecule has 6 heteroatoms. The first-order chi connectivity index (χ1) is 8.86. The second-order valence-electron chi connectivity index (χ2n) is 6.00. The number of piperidine rings is 1. The van der Waals surface area contributed by atoms with Gasteiger partial charge in [0.15, 0.2) is 5.82 Å². The van der Waals surface area contributed by atoms with E-state index in [0.717, 1.165) is 5.76 Å². The fourth-order valence-electron chi connectivity index (χ4n) is 2.00. The van der Waals surface area contributed by atoms with E-state index in [9.17, 15) is 9.90 Å². The average Bonchev–Trinajstić information content (AvgIpc) is 2.77. The van der Waals surface area contributed by atoms with E-state index >= 15 is 0 Å². The number of nitrogens with one attached hydrogen (secondary N) is 2. The number of anilines is 1. The second-order valence-corrected chi connectivity index (χ2v) is 6.00. The van der Waals surface area contributed by atoms with Gasteiger partial charge in [0.2, 0.25) is 5.91 Å². The normalized spacial score (nSPS) is 24.2. The lowest BCUT2D eigenvalue weighted by molar-refractivity contribution is -0.119. The minimum Gasteiger partial charge on any atom is -0.393 e. The second kappa shape index (κ2) is 5.30. The lowest BCUT2D eigenvalue weighted by Crippen LogP contribution is -2.47. The van der Waals surface area contributed by atoms with Gasteiger partial charge in [-0.15, -0.1) is 0 Å². The molecule has 6 nitrogen and oxygen atoms in total. The summed E-state index contributed by atoms with van der Waals surface area (Å²) >= 11 is 0. The molecule has 1 saturated heterocycles. The van der Waals surface area contributed by atoms with Crippen LogP contribution in [0.4, 0.5) is 5.82 Å². The highest BCUT2D eigenvalue weighted by Gasteiger charge is 2.27. The van der Waals surface area contributed by atoms with Gasteiger partial charge in [-0.3, -0.25) is 4.79 Å². The van der Waals surface area contributed by atoms with Crippen LogP contribution in [0, 0.1) is 0 Å². The molecular weight excluding hydrogens is 246 g/mol. The minimum absolute atomic E-state index is 0.144. The number of nitrogens with zero attached hydrogens (tertiary/aromatic N) is 1. The molecule has 1 unspecified atom stereocenters. The predicted octanol–water partition coefficient (Wildman–Crippen LogP) is 1.02. The van der Waals surface area contributed by atoms with Gasteiger partial charge in [-0.1, -0.05) is 25.9 Å². The number of aliphatic hydroxyl groups is 1. The number of carbonyl (C=O) groups is 1. The molecular formula is C13H21N3O3. The van der Waals surface area contributed by atoms with Gasteiger partial charge in [0.05, 0.1) is 12.1 Å². The molecule has 3 N–H and O–H groups in total. The predicted molar refractivity (Wildman–Crippen MR) is 70.9 cm³/mol. The third kappa shape index (κ3) is 3.54. The Hall–Kier alpha value is -1.40. The molecule has 0 aromatic carbocycles. The van der Waals surface area contributed by atoms with Crippen LogP contribution in [0.2, 0.25) is 0 Å². The minimum atomic E-state index is -0.417. The Labute approximate surface area is 112 Å². The van der Waals surface area contributed by atoms with Crippen LogP contribution in [0.15, 0.2) is 10.6 Å². The largest absolute Gasteiger partial charge is 0.393 e. The summed E-state index contributed by atoms with van der Waals surface area (Å²) in [6, 6.07) is 1.36. The Morgan fingerprint density at radius 3 is 2.89 bits per heavy atom. The molecule has 2 heterocycles. The van der Waals surface area contributed by atoms with Crippen LogP contribution in [-0.2, 0) is 10.2 Å². The molecule has 106 valence electrons. The van der Waals surface area contributed by atoms with E-state index in [1.165, 1.54) is 0 Å². The number of rotatable bonds is 2. The average molecular weight is 267 g/mol. The van der Waals surface area contributed by atoms with Crippen molar-refractivity contribution < 1.29 is 14.4 Å². The Morgan fingerprint density at radius 1 is 1.58 bits per heavy atom. The number of carbonyl (C=O) groups excluding carboxylic acids is 1. The molecule has 1 aromatic heterocycles. The summed E-state index contributed by atoms with van der Waals surface area (Å²) in [5.41, 5.74) is -0.144. The summed E-state index contributed by atoms with van der Waals surface area (Å²) in [6.07, 6.45) is 0.692. The molecule has 1 aromatic rings. The van der Waals surface area contributed by atoms with Crippen molar-refractivity contribution in [2.24, 2.45) is 0 Å². The van der Waals surface area contributed by atoms with Gasteiger partial charge in [-0.05, 0) is 19.4 Å². The summed E-state index contributed by atoms with van der Waals surface area (Å²) in [6.45, 7) is 6.68. The summed E-state index contributed by atoms with van der Waals surface area (Å²) in [7, 11) is 0. The highest BCUT2D eigenvalue weighted by Crippen LogP contribution is 2.24. The molecule has 2 rings (SSSR count). The fraction of sp³-hybridized carbons (Fsp3) is 0.692. The monoisotopic (exact) mass is 267 g/mol. The van der Waals surface area contributed by atoms with Crippen LogP contribution >= 0.6 is 0 Å². The Bertz CT molecular complexity index is 450. The molecule has 1 fully saturated rings. The summed E-state index contributed by atoms with van der Waals surface area (Å²) in [5.74, 6) is 0.948. The van der Waals surface area contributed by atoms with Crippen LogP contribution in [0.5, 0.6) is 0 Å². The van der Waals surface area contributed by atoms with Crippen LogP contribution in [0.1, 0.15) is 39.4 Å². The third-order valence-electron chi connectivity index (χ3n) is 3.19. The van der Waals surface area contributed by atoms with Crippen LogP contribution in [0.25, 0.3) is 0 Å². The van der Waals surface area contributed by atoms with Crippen LogP contribution in [0.3, 0.4) is 0 Å². The van der Waals surface area contributed by atoms with Gasteiger partial charge in [-0.25, -0.2) is 0 Å². The zero-order valence-electron chi connectivity index (χ0n) is 11.6. The number of aliphatic hydroxyl groups excluding tert-OH is 1. The molecule has 0 saturated carbocycles. The zero-order chi connectivity index (χ0) is 14.0. The Morgan fingerprint density at radius 2 is 2.32 bits per heavy atom. The lowest BCUT2D eigenvalue weighted by Gasteiger charge is -2.25. The van der Waals surface area contributed by atoms with Crippen molar-refractivity contribution in [3.05, 3.63) is 11.8 Å². The van der Waals surface area contributed by atoms with Crippen LogP contribution in [-0.4, -0.2) is 34.9 Å². The molecule has 2 atom stereocenters. The first-order valence-corrected chi connectivity index (χ1v) is 6.56. The van der Waals surface area contributed by atoms with Crippen LogP contribution < -0.4 is 10.6 Å². The van der Waals surface area contributed by atoms with Crippen molar-refractivity contribution in [3.8, 4) is 0 Å². The first-order valence-electron chi connectivity index (χ1n) is 6.56. The summed E-state index contributed by atoms with van der Waals surface area (Å²) < 4.78 is 5.20. The maximum Gasteiger partial charge on any atom is 0.242 e. The van der Waals surface area contributed by atoms with E-state index in [0.29, 0.717) is 25.2 Å². The zero-order valence-corrected chi connectivity index (χ0v) is 11.6. The van der Waals surface area contributed by atoms with Gasteiger partial charge in [0.1, 0.15) is 5.76 Å². The fourth-order valence-corrected chi connectivity index (χ4v) is 2.00. The van der Waals surface area contributed by atoms with Crippen molar-refractivity contribution in [3.63, 3.8) is 0 Å². The van der Waals surface area contributed by atoms with Crippen molar-refractivity contribution >= 4 is 11.7 Å². The van der Waals surface area contributed by atoms with Gasteiger partial charge >= 0.3 is 0 Å². The molecule has 19 heavy (non-hydrogen) atoms. The molecule has 0 bridgehead atoms. The van der Waals surface area contributed by atoms with E-state index in [1.54, 1.807) is 6.07 Å². The number of hydrogen-bond acceptors (Lipinski definition) is 5. The molecule has 0 aliphatic carbocycles. The Kier molecular flexibility index (Phi) is 3.91. The van der Waals surface area contributed by atoms with Crippen molar-refractivity contribution in [2.75, 3.05) is 11.9 Å². The third-order valence-corrected chi connectivity index (χ3v) is 3.19. The van der Waals surface area contributed by atoms with Gasteiger partial charge in [0.25, 0.3) is 0 Å². The lowest BCUT2D eigenvalue weighted by atomic mass is 9.93. The van der Waals surface area contributed by atoms with E-state index in [-0.39, 0.29) is 17.4 Å². The van der Waals surface area contributed by atoms with E-state index in [4.69, 9.17) is 4.52 Å². The van der Waals surface area contributed by atoms with Crippen molar-refractivity contribution in [2.45, 2.75) is 51.2 Å². The molecule has 1 aliphatic rings. The molecule has 1 aliphatic heterocycles. The van der Waals surface area contributed by atoms with Crippen molar-refractivity contribution in [1.29, 1.82) is 0 Å². The maximum atomic E-state index is 12.0. The highest BCUT2D eigenvalue weighted by atomic mass is 16.5. The van der Waals surface area contributed by atoms with E-state index in [2.05, 4.69) is 15.8 Å². The molecule has 0 spiro atoms. The maximum absolute atomic E-state index is 12.0. The molecule has 0 radical (unpaired) electrons.